The number of nitrogens with one attached hydrogen (secondary N) is 1. The van der Waals surface area contributed by atoms with Crippen LogP contribution >= 0.6 is 15.9 Å². The Kier molecular flexibility index (Phi) is 6.04. The van der Waals surface area contributed by atoms with Crippen LogP contribution in [0.1, 0.15) is 31.9 Å². The molecule has 0 aliphatic heterocycles. The highest BCUT2D eigenvalue weighted by molar-refractivity contribution is 9.10. The van der Waals surface area contributed by atoms with Gasteiger partial charge in [0.05, 0.1) is 16.7 Å². The smallest absolute Gasteiger partial charge is 0.153 e. The minimum atomic E-state index is 0.197. The van der Waals surface area contributed by atoms with Gasteiger partial charge in [-0.1, -0.05) is 44.2 Å². The number of fused-ring (bicyclic) bond motifs is 1. The summed E-state index contributed by atoms with van der Waals surface area (Å²) in [6.45, 7) is 7.60. The highest BCUT2D eigenvalue weighted by atomic mass is 79.9. The SMILES string of the molecule is CCN(CC)CCC(Nc1nccn2ncc(Br)c12)c1ccccc1. The molecule has 132 valence electrons. The molecule has 0 saturated carbocycles. The molecule has 0 fully saturated rings. The molecular weight excluding hydrogens is 378 g/mol. The molecule has 25 heavy (non-hydrogen) atoms. The average molecular weight is 402 g/mol. The lowest BCUT2D eigenvalue weighted by molar-refractivity contribution is 0.293. The largest absolute Gasteiger partial charge is 0.361 e. The minimum Gasteiger partial charge on any atom is -0.361 e. The van der Waals surface area contributed by atoms with E-state index in [2.05, 4.69) is 80.4 Å². The van der Waals surface area contributed by atoms with E-state index in [9.17, 15) is 0 Å². The van der Waals surface area contributed by atoms with Crippen molar-refractivity contribution >= 4 is 27.3 Å². The molecule has 1 unspecified atom stereocenters. The van der Waals surface area contributed by atoms with Gasteiger partial charge in [-0.05, 0) is 41.0 Å². The van der Waals surface area contributed by atoms with Gasteiger partial charge >= 0.3 is 0 Å². The molecular formula is C19H24BrN5. The third-order valence-electron chi connectivity index (χ3n) is 4.53. The van der Waals surface area contributed by atoms with Crippen molar-refractivity contribution in [3.05, 3.63) is 59.0 Å². The summed E-state index contributed by atoms with van der Waals surface area (Å²) >= 11 is 3.58. The van der Waals surface area contributed by atoms with Crippen LogP contribution in [0.2, 0.25) is 0 Å². The monoisotopic (exact) mass is 401 g/mol. The number of hydrogen-bond acceptors (Lipinski definition) is 4. The van der Waals surface area contributed by atoms with E-state index in [1.54, 1.807) is 12.4 Å². The molecule has 1 aromatic carbocycles. The first-order valence-electron chi connectivity index (χ1n) is 8.74. The summed E-state index contributed by atoms with van der Waals surface area (Å²) in [7, 11) is 0. The van der Waals surface area contributed by atoms with Crippen LogP contribution in [0.15, 0.2) is 53.4 Å². The van der Waals surface area contributed by atoms with E-state index in [0.717, 1.165) is 41.9 Å². The zero-order valence-corrected chi connectivity index (χ0v) is 16.3. The predicted octanol–water partition coefficient (Wildman–Crippen LogP) is 4.38. The van der Waals surface area contributed by atoms with Gasteiger partial charge in [0, 0.05) is 18.9 Å². The molecule has 3 rings (SSSR count). The Hall–Kier alpha value is -1.92. The number of benzene rings is 1. The van der Waals surface area contributed by atoms with Crippen molar-refractivity contribution in [1.82, 2.24) is 19.5 Å². The Morgan fingerprint density at radius 3 is 2.68 bits per heavy atom. The van der Waals surface area contributed by atoms with E-state index < -0.39 is 0 Å². The first kappa shape index (κ1) is 17.9. The molecule has 0 aliphatic rings. The lowest BCUT2D eigenvalue weighted by Gasteiger charge is -2.24. The van der Waals surface area contributed by atoms with Crippen LogP contribution in [0.4, 0.5) is 5.82 Å². The molecule has 0 bridgehead atoms. The van der Waals surface area contributed by atoms with Gasteiger partial charge in [-0.25, -0.2) is 9.50 Å². The second kappa shape index (κ2) is 8.45. The van der Waals surface area contributed by atoms with Crippen LogP contribution in [-0.2, 0) is 0 Å². The molecule has 0 saturated heterocycles. The number of rotatable bonds is 8. The van der Waals surface area contributed by atoms with Crippen molar-refractivity contribution < 1.29 is 0 Å². The molecule has 0 aliphatic carbocycles. The van der Waals surface area contributed by atoms with Crippen LogP contribution in [0.3, 0.4) is 0 Å². The number of hydrogen-bond donors (Lipinski definition) is 1. The van der Waals surface area contributed by atoms with Crippen LogP contribution in [0, 0.1) is 0 Å². The van der Waals surface area contributed by atoms with Gasteiger partial charge in [0.2, 0.25) is 0 Å². The molecule has 5 nitrogen and oxygen atoms in total. The molecule has 2 heterocycles. The molecule has 1 N–H and O–H groups in total. The van der Waals surface area contributed by atoms with E-state index in [1.807, 2.05) is 10.7 Å². The molecule has 0 amide bonds. The summed E-state index contributed by atoms with van der Waals surface area (Å²) in [5.41, 5.74) is 2.24. The highest BCUT2D eigenvalue weighted by Crippen LogP contribution is 2.28. The van der Waals surface area contributed by atoms with Crippen molar-refractivity contribution in [2.45, 2.75) is 26.3 Å². The van der Waals surface area contributed by atoms with Gasteiger partial charge in [0.15, 0.2) is 5.82 Å². The Bertz CT molecular complexity index is 798. The second-order valence-corrected chi connectivity index (χ2v) is 6.84. The van der Waals surface area contributed by atoms with Gasteiger partial charge in [0.25, 0.3) is 0 Å². The first-order chi connectivity index (χ1) is 12.2. The molecule has 0 spiro atoms. The summed E-state index contributed by atoms with van der Waals surface area (Å²) < 4.78 is 2.78. The van der Waals surface area contributed by atoms with E-state index >= 15 is 0 Å². The molecule has 3 aromatic rings. The summed E-state index contributed by atoms with van der Waals surface area (Å²) in [4.78, 5) is 7.00. The quantitative estimate of drug-likeness (QED) is 0.608. The maximum atomic E-state index is 4.56. The summed E-state index contributed by atoms with van der Waals surface area (Å²) in [5.74, 6) is 0.847. The normalized spacial score (nSPS) is 12.6. The summed E-state index contributed by atoms with van der Waals surface area (Å²) in [6.07, 6.45) is 6.45. The molecule has 6 heteroatoms. The van der Waals surface area contributed by atoms with Crippen LogP contribution in [-0.4, -0.2) is 39.1 Å². The maximum Gasteiger partial charge on any atom is 0.153 e. The van der Waals surface area contributed by atoms with Gasteiger partial charge in [-0.2, -0.15) is 5.10 Å². The van der Waals surface area contributed by atoms with E-state index in [0.29, 0.717) is 0 Å². The van der Waals surface area contributed by atoms with Crippen molar-refractivity contribution in [1.29, 1.82) is 0 Å². The van der Waals surface area contributed by atoms with Gasteiger partial charge < -0.3 is 10.2 Å². The van der Waals surface area contributed by atoms with E-state index in [4.69, 9.17) is 0 Å². The van der Waals surface area contributed by atoms with Gasteiger partial charge in [-0.3, -0.25) is 0 Å². The third-order valence-corrected chi connectivity index (χ3v) is 5.11. The van der Waals surface area contributed by atoms with Crippen molar-refractivity contribution in [3.8, 4) is 0 Å². The van der Waals surface area contributed by atoms with Crippen molar-refractivity contribution in [2.24, 2.45) is 0 Å². The Balaban J connectivity index is 1.87. The standard InChI is InChI=1S/C19H24BrN5/c1-3-24(4-2)12-10-17(15-8-6-5-7-9-15)23-19-18-16(20)14-22-25(18)13-11-21-19/h5-9,11,13-14,17H,3-4,10,12H2,1-2H3,(H,21,23). The Morgan fingerprint density at radius 1 is 1.20 bits per heavy atom. The number of nitrogens with zero attached hydrogens (tertiary/aromatic N) is 4. The number of halogens is 1. The van der Waals surface area contributed by atoms with Gasteiger partial charge in [0.1, 0.15) is 5.52 Å². The van der Waals surface area contributed by atoms with Crippen LogP contribution in [0.25, 0.3) is 5.52 Å². The third kappa shape index (κ3) is 4.19. The summed E-state index contributed by atoms with van der Waals surface area (Å²) in [6, 6.07) is 10.8. The highest BCUT2D eigenvalue weighted by Gasteiger charge is 2.16. The fraction of sp³-hybridized carbons (Fsp3) is 0.368. The Labute approximate surface area is 157 Å². The topological polar surface area (TPSA) is 45.5 Å². The lowest BCUT2D eigenvalue weighted by Crippen LogP contribution is -2.27. The van der Waals surface area contributed by atoms with Gasteiger partial charge in [-0.15, -0.1) is 0 Å². The second-order valence-electron chi connectivity index (χ2n) is 5.98. The fourth-order valence-electron chi connectivity index (χ4n) is 3.04. The average Bonchev–Trinajstić information content (AvgIpc) is 3.04. The van der Waals surface area contributed by atoms with Crippen molar-refractivity contribution in [3.63, 3.8) is 0 Å². The lowest BCUT2D eigenvalue weighted by atomic mass is 10.0. The first-order valence-corrected chi connectivity index (χ1v) is 9.53. The predicted molar refractivity (Wildman–Crippen MR) is 106 cm³/mol. The Morgan fingerprint density at radius 2 is 1.96 bits per heavy atom. The molecule has 1 atom stereocenters. The van der Waals surface area contributed by atoms with Crippen molar-refractivity contribution in [2.75, 3.05) is 25.0 Å². The fourth-order valence-corrected chi connectivity index (χ4v) is 3.50. The molecule has 0 radical (unpaired) electrons. The van der Waals surface area contributed by atoms with E-state index in [1.165, 1.54) is 5.56 Å². The number of aromatic nitrogens is 3. The zero-order chi connectivity index (χ0) is 17.6. The summed E-state index contributed by atoms with van der Waals surface area (Å²) in [5, 5.41) is 7.98. The van der Waals surface area contributed by atoms with Crippen LogP contribution in [0.5, 0.6) is 0 Å². The zero-order valence-electron chi connectivity index (χ0n) is 14.7. The van der Waals surface area contributed by atoms with Crippen LogP contribution < -0.4 is 5.32 Å². The van der Waals surface area contributed by atoms with E-state index in [-0.39, 0.29) is 6.04 Å². The molecule has 2 aromatic heterocycles. The number of anilines is 1. The maximum absolute atomic E-state index is 4.56. The minimum absolute atomic E-state index is 0.197.